The smallest absolute Gasteiger partial charge is 0.268 e. The number of carbonyl (C=O) groups is 2. The summed E-state index contributed by atoms with van der Waals surface area (Å²) < 4.78 is 24.3. The van der Waals surface area contributed by atoms with Crippen LogP contribution in [0, 0.1) is 5.82 Å². The number of aliphatic hydroxyl groups is 1. The summed E-state index contributed by atoms with van der Waals surface area (Å²) in [6.45, 7) is -0.354. The number of anilines is 2. The van der Waals surface area contributed by atoms with Crippen molar-refractivity contribution in [1.29, 1.82) is 0 Å². The lowest BCUT2D eigenvalue weighted by molar-refractivity contribution is -0.133. The van der Waals surface area contributed by atoms with Crippen LogP contribution in [0.3, 0.4) is 0 Å². The van der Waals surface area contributed by atoms with Gasteiger partial charge in [0.25, 0.3) is 5.91 Å². The molecule has 4 rings (SSSR count). The van der Waals surface area contributed by atoms with E-state index in [1.54, 1.807) is 42.5 Å². The third kappa shape index (κ3) is 3.65. The van der Waals surface area contributed by atoms with Crippen molar-refractivity contribution in [2.45, 2.75) is 5.60 Å². The second kappa shape index (κ2) is 8.32. The minimum Gasteiger partial charge on any atom is -0.497 e. The fourth-order valence-electron chi connectivity index (χ4n) is 3.81. The van der Waals surface area contributed by atoms with Crippen LogP contribution in [0.15, 0.2) is 66.7 Å². The van der Waals surface area contributed by atoms with Gasteiger partial charge in [-0.3, -0.25) is 14.5 Å². The van der Waals surface area contributed by atoms with Gasteiger partial charge in [-0.2, -0.15) is 0 Å². The van der Waals surface area contributed by atoms with E-state index in [-0.39, 0.29) is 17.7 Å². The largest absolute Gasteiger partial charge is 0.497 e. The third-order valence-corrected chi connectivity index (χ3v) is 5.32. The van der Waals surface area contributed by atoms with Crippen LogP contribution >= 0.6 is 0 Å². The van der Waals surface area contributed by atoms with Crippen molar-refractivity contribution in [1.82, 2.24) is 0 Å². The molecular formula is C24H21FN2O5. The Kier molecular flexibility index (Phi) is 5.54. The fourth-order valence-corrected chi connectivity index (χ4v) is 3.81. The number of ether oxygens (including phenoxy) is 2. The van der Waals surface area contributed by atoms with Crippen LogP contribution in [0.4, 0.5) is 15.8 Å². The van der Waals surface area contributed by atoms with Gasteiger partial charge in [-0.25, -0.2) is 4.39 Å². The van der Waals surface area contributed by atoms with Crippen molar-refractivity contribution in [2.24, 2.45) is 0 Å². The molecule has 3 aromatic carbocycles. The zero-order valence-electron chi connectivity index (χ0n) is 17.5. The number of nitrogens with zero attached hydrogens (tertiary/aromatic N) is 1. The number of methoxy groups -OCH3 is 2. The molecule has 7 nitrogen and oxygen atoms in total. The Labute approximate surface area is 184 Å². The topological polar surface area (TPSA) is 88.1 Å². The van der Waals surface area contributed by atoms with Gasteiger partial charge < -0.3 is 19.9 Å². The SMILES string of the molecule is COc1cc(NC(=O)CN2C(=O)[C@](O)(c3cccc(F)c3)c3ccccc32)cc(OC)c1. The summed E-state index contributed by atoms with van der Waals surface area (Å²) in [4.78, 5) is 27.3. The summed E-state index contributed by atoms with van der Waals surface area (Å²) in [5, 5.41) is 14.1. The van der Waals surface area contributed by atoms with Gasteiger partial charge in [-0.1, -0.05) is 30.3 Å². The van der Waals surface area contributed by atoms with Gasteiger partial charge in [0.1, 0.15) is 23.9 Å². The van der Waals surface area contributed by atoms with Crippen LogP contribution in [0.5, 0.6) is 11.5 Å². The van der Waals surface area contributed by atoms with Gasteiger partial charge in [0.2, 0.25) is 5.91 Å². The highest BCUT2D eigenvalue weighted by Crippen LogP contribution is 2.44. The molecule has 0 saturated heterocycles. The predicted molar refractivity (Wildman–Crippen MR) is 116 cm³/mol. The van der Waals surface area contributed by atoms with E-state index in [4.69, 9.17) is 9.47 Å². The van der Waals surface area contributed by atoms with Crippen LogP contribution in [0.25, 0.3) is 0 Å². The molecule has 3 aromatic rings. The molecular weight excluding hydrogens is 415 g/mol. The van der Waals surface area contributed by atoms with E-state index in [1.807, 2.05) is 0 Å². The zero-order valence-corrected chi connectivity index (χ0v) is 17.5. The van der Waals surface area contributed by atoms with Gasteiger partial charge in [-0.15, -0.1) is 0 Å². The molecule has 8 heteroatoms. The number of benzene rings is 3. The Morgan fingerprint density at radius 2 is 1.72 bits per heavy atom. The molecule has 0 aliphatic carbocycles. The number of fused-ring (bicyclic) bond motifs is 1. The van der Waals surface area contributed by atoms with E-state index in [0.717, 1.165) is 6.07 Å². The highest BCUT2D eigenvalue weighted by molar-refractivity contribution is 6.12. The molecule has 2 N–H and O–H groups in total. The van der Waals surface area contributed by atoms with Crippen LogP contribution in [-0.4, -0.2) is 37.7 Å². The molecule has 0 spiro atoms. The molecule has 1 aliphatic rings. The molecule has 32 heavy (non-hydrogen) atoms. The minimum absolute atomic E-state index is 0.0930. The lowest BCUT2D eigenvalue weighted by atomic mass is 9.87. The van der Waals surface area contributed by atoms with Crippen LogP contribution in [0.1, 0.15) is 11.1 Å². The number of carbonyl (C=O) groups excluding carboxylic acids is 2. The number of halogens is 1. The molecule has 1 aliphatic heterocycles. The second-order valence-corrected chi connectivity index (χ2v) is 7.28. The second-order valence-electron chi connectivity index (χ2n) is 7.28. The zero-order chi connectivity index (χ0) is 22.9. The van der Waals surface area contributed by atoms with Gasteiger partial charge >= 0.3 is 0 Å². The first-order valence-electron chi connectivity index (χ1n) is 9.79. The number of rotatable bonds is 6. The molecule has 0 fully saturated rings. The standard InChI is InChI=1S/C24H21FN2O5/c1-31-18-11-17(12-19(13-18)32-2)26-22(28)14-27-21-9-4-3-8-20(21)24(30,23(27)29)15-6-5-7-16(25)10-15/h3-13,30H,14H2,1-2H3,(H,26,28)/t24-/m0/s1. The highest BCUT2D eigenvalue weighted by atomic mass is 19.1. The van der Waals surface area contributed by atoms with Crippen molar-refractivity contribution < 1.29 is 28.6 Å². The Bertz CT molecular complexity index is 1180. The number of para-hydroxylation sites is 1. The summed E-state index contributed by atoms with van der Waals surface area (Å²) >= 11 is 0. The van der Waals surface area contributed by atoms with Crippen molar-refractivity contribution in [3.63, 3.8) is 0 Å². The normalized spacial score (nSPS) is 17.1. The van der Waals surface area contributed by atoms with E-state index in [0.29, 0.717) is 22.9 Å². The lowest BCUT2D eigenvalue weighted by Crippen LogP contribution is -2.44. The average Bonchev–Trinajstić information content (AvgIpc) is 3.01. The lowest BCUT2D eigenvalue weighted by Gasteiger charge is -2.23. The fraction of sp³-hybridized carbons (Fsp3) is 0.167. The van der Waals surface area contributed by atoms with Crippen molar-refractivity contribution in [2.75, 3.05) is 31.0 Å². The van der Waals surface area contributed by atoms with Crippen molar-refractivity contribution in [3.8, 4) is 11.5 Å². The number of hydrogen-bond acceptors (Lipinski definition) is 5. The Morgan fingerprint density at radius 1 is 1.03 bits per heavy atom. The van der Waals surface area contributed by atoms with Crippen LogP contribution < -0.4 is 19.7 Å². The molecule has 0 bridgehead atoms. The van der Waals surface area contributed by atoms with Gasteiger partial charge in [0.05, 0.1) is 19.9 Å². The number of nitrogens with one attached hydrogen (secondary N) is 1. The Balaban J connectivity index is 1.64. The van der Waals surface area contributed by atoms with E-state index in [9.17, 15) is 19.1 Å². The maximum atomic E-state index is 13.8. The number of hydrogen-bond donors (Lipinski definition) is 2. The van der Waals surface area contributed by atoms with Crippen molar-refractivity contribution in [3.05, 3.63) is 83.7 Å². The maximum Gasteiger partial charge on any atom is 0.268 e. The summed E-state index contributed by atoms with van der Waals surface area (Å²) in [6.07, 6.45) is 0. The summed E-state index contributed by atoms with van der Waals surface area (Å²) in [5.41, 5.74) is -0.922. The quantitative estimate of drug-likeness (QED) is 0.620. The molecule has 1 heterocycles. The first-order valence-corrected chi connectivity index (χ1v) is 9.79. The molecule has 0 saturated carbocycles. The van der Waals surface area contributed by atoms with Gasteiger partial charge in [-0.05, 0) is 18.2 Å². The average molecular weight is 436 g/mol. The highest BCUT2D eigenvalue weighted by Gasteiger charge is 2.51. The first kappa shape index (κ1) is 21.3. The molecule has 0 radical (unpaired) electrons. The minimum atomic E-state index is -2.10. The van der Waals surface area contributed by atoms with Gasteiger partial charge in [0.15, 0.2) is 5.60 Å². The van der Waals surface area contributed by atoms with Crippen LogP contribution in [-0.2, 0) is 15.2 Å². The van der Waals surface area contributed by atoms with Crippen molar-refractivity contribution >= 4 is 23.2 Å². The molecule has 1 atom stereocenters. The summed E-state index contributed by atoms with van der Waals surface area (Å²) in [6, 6.07) is 16.7. The number of amides is 2. The molecule has 164 valence electrons. The van der Waals surface area contributed by atoms with E-state index < -0.39 is 23.2 Å². The molecule has 0 unspecified atom stereocenters. The summed E-state index contributed by atoms with van der Waals surface area (Å²) in [7, 11) is 2.99. The van der Waals surface area contributed by atoms with E-state index in [1.165, 1.54) is 37.3 Å². The van der Waals surface area contributed by atoms with Crippen LogP contribution in [0.2, 0.25) is 0 Å². The first-order chi connectivity index (χ1) is 15.4. The molecule has 2 amide bonds. The predicted octanol–water partition coefficient (Wildman–Crippen LogP) is 3.06. The molecule has 0 aromatic heterocycles. The van der Waals surface area contributed by atoms with E-state index >= 15 is 0 Å². The Hall–Kier alpha value is -3.91. The van der Waals surface area contributed by atoms with E-state index in [2.05, 4.69) is 5.32 Å². The monoisotopic (exact) mass is 436 g/mol. The van der Waals surface area contributed by atoms with Gasteiger partial charge in [0, 0.05) is 35.0 Å². The third-order valence-electron chi connectivity index (χ3n) is 5.32. The maximum absolute atomic E-state index is 13.8. The summed E-state index contributed by atoms with van der Waals surface area (Å²) in [5.74, 6) is -0.829. The Morgan fingerprint density at radius 3 is 2.38 bits per heavy atom.